The molecule has 3 heterocycles. The third-order valence-corrected chi connectivity index (χ3v) is 5.90. The number of ether oxygens (including phenoxy) is 1. The molecule has 1 spiro atoms. The van der Waals surface area contributed by atoms with E-state index in [-0.39, 0.29) is 11.1 Å². The van der Waals surface area contributed by atoms with Crippen molar-refractivity contribution >= 4 is 22.5 Å². The van der Waals surface area contributed by atoms with E-state index in [1.807, 2.05) is 13.0 Å². The number of rotatable bonds is 3. The van der Waals surface area contributed by atoms with E-state index in [0.717, 1.165) is 48.4 Å². The minimum Gasteiger partial charge on any atom is -0.505 e. The van der Waals surface area contributed by atoms with Gasteiger partial charge in [-0.3, -0.25) is 4.79 Å². The minimum atomic E-state index is -0.920. The van der Waals surface area contributed by atoms with Gasteiger partial charge in [0.1, 0.15) is 5.82 Å². The van der Waals surface area contributed by atoms with Gasteiger partial charge in [0.25, 0.3) is 0 Å². The molecular formula is C21H21FN4O3. The number of aromatic hydroxyl groups is 1. The topological polar surface area (TPSA) is 80.5 Å². The van der Waals surface area contributed by atoms with Gasteiger partial charge in [0.05, 0.1) is 47.4 Å². The number of fused-ring (bicyclic) bond motifs is 1. The van der Waals surface area contributed by atoms with Gasteiger partial charge in [-0.2, -0.15) is 5.10 Å². The lowest BCUT2D eigenvalue weighted by atomic mass is 10.1. The van der Waals surface area contributed by atoms with Crippen LogP contribution in [-0.2, 0) is 4.74 Å². The van der Waals surface area contributed by atoms with E-state index in [4.69, 9.17) is 4.74 Å². The van der Waals surface area contributed by atoms with Gasteiger partial charge in [0.2, 0.25) is 0 Å². The zero-order valence-electron chi connectivity index (χ0n) is 16.3. The first-order valence-electron chi connectivity index (χ1n) is 9.64. The van der Waals surface area contributed by atoms with Crippen molar-refractivity contribution in [1.82, 2.24) is 14.8 Å². The van der Waals surface area contributed by atoms with Crippen LogP contribution in [0.4, 0.5) is 10.2 Å². The van der Waals surface area contributed by atoms with Crippen LogP contribution in [0.25, 0.3) is 16.6 Å². The van der Waals surface area contributed by atoms with Crippen LogP contribution in [0.5, 0.6) is 5.75 Å². The van der Waals surface area contributed by atoms with Gasteiger partial charge in [-0.25, -0.2) is 14.1 Å². The van der Waals surface area contributed by atoms with Crippen molar-refractivity contribution in [2.75, 3.05) is 24.7 Å². The Morgan fingerprint density at radius 3 is 2.83 bits per heavy atom. The van der Waals surface area contributed by atoms with Crippen LogP contribution >= 0.6 is 0 Å². The van der Waals surface area contributed by atoms with Crippen LogP contribution in [0.1, 0.15) is 35.8 Å². The van der Waals surface area contributed by atoms with Crippen molar-refractivity contribution in [3.63, 3.8) is 0 Å². The van der Waals surface area contributed by atoms with Crippen molar-refractivity contribution in [1.29, 1.82) is 0 Å². The van der Waals surface area contributed by atoms with Gasteiger partial charge < -0.3 is 14.7 Å². The molecule has 1 aromatic carbocycles. The molecule has 5 rings (SSSR count). The number of pyridine rings is 1. The molecule has 0 atom stereocenters. The van der Waals surface area contributed by atoms with Gasteiger partial charge in [0.15, 0.2) is 17.3 Å². The molecule has 7 nitrogen and oxygen atoms in total. The number of carbonyl (C=O) groups is 1. The van der Waals surface area contributed by atoms with Crippen molar-refractivity contribution in [3.8, 4) is 11.4 Å². The molecule has 0 bridgehead atoms. The summed E-state index contributed by atoms with van der Waals surface area (Å²) >= 11 is 0. The molecule has 1 N–H and O–H groups in total. The molecular weight excluding hydrogens is 375 g/mol. The van der Waals surface area contributed by atoms with Crippen molar-refractivity contribution in [3.05, 3.63) is 41.5 Å². The molecule has 1 aliphatic carbocycles. The Morgan fingerprint density at radius 2 is 2.10 bits per heavy atom. The smallest absolute Gasteiger partial charge is 0.175 e. The Kier molecular flexibility index (Phi) is 3.89. The van der Waals surface area contributed by atoms with Crippen molar-refractivity contribution < 1.29 is 19.0 Å². The zero-order chi connectivity index (χ0) is 20.3. The van der Waals surface area contributed by atoms with Crippen LogP contribution in [0.15, 0.2) is 24.4 Å². The van der Waals surface area contributed by atoms with Gasteiger partial charge in [-0.05, 0) is 38.8 Å². The third kappa shape index (κ3) is 2.78. The highest BCUT2D eigenvalue weighted by Gasteiger charge is 2.50. The summed E-state index contributed by atoms with van der Waals surface area (Å²) in [5, 5.41) is 15.4. The van der Waals surface area contributed by atoms with Gasteiger partial charge in [-0.1, -0.05) is 0 Å². The van der Waals surface area contributed by atoms with Crippen LogP contribution < -0.4 is 4.90 Å². The molecule has 2 fully saturated rings. The molecule has 0 radical (unpaired) electrons. The van der Waals surface area contributed by atoms with E-state index in [0.29, 0.717) is 12.3 Å². The highest BCUT2D eigenvalue weighted by Crippen LogP contribution is 2.45. The predicted octanol–water partition coefficient (Wildman–Crippen LogP) is 3.15. The molecule has 0 unspecified atom stereocenters. The number of morpholine rings is 1. The number of phenolic OH excluding ortho intramolecular Hbond substituents is 1. The van der Waals surface area contributed by atoms with Crippen LogP contribution in [0, 0.1) is 12.7 Å². The second kappa shape index (κ2) is 6.25. The number of aromatic nitrogens is 3. The first kappa shape index (κ1) is 18.1. The fourth-order valence-electron chi connectivity index (χ4n) is 4.12. The number of halogens is 1. The van der Waals surface area contributed by atoms with E-state index in [9.17, 15) is 14.3 Å². The number of phenols is 1. The maximum Gasteiger partial charge on any atom is 0.175 e. The SMILES string of the molecule is CC(=O)c1cc(-n2nc(C)c3cc(N4CCOCC45CC5)ncc32)cc(O)c1F. The summed E-state index contributed by atoms with van der Waals surface area (Å²) in [6, 6.07) is 4.69. The second-order valence-corrected chi connectivity index (χ2v) is 7.87. The Bertz CT molecular complexity index is 1150. The summed E-state index contributed by atoms with van der Waals surface area (Å²) in [5.41, 5.74) is 1.82. The number of benzene rings is 1. The average Bonchev–Trinajstić information content (AvgIpc) is 3.39. The quantitative estimate of drug-likeness (QED) is 0.685. The molecule has 3 aromatic rings. The molecule has 8 heteroatoms. The minimum absolute atomic E-state index is 0.0714. The molecule has 0 amide bonds. The maximum absolute atomic E-state index is 14.1. The van der Waals surface area contributed by atoms with Crippen LogP contribution in [0.2, 0.25) is 0 Å². The number of hydrogen-bond donors (Lipinski definition) is 1. The number of nitrogens with zero attached hydrogens (tertiary/aromatic N) is 4. The Balaban J connectivity index is 1.62. The first-order chi connectivity index (χ1) is 13.9. The summed E-state index contributed by atoms with van der Waals surface area (Å²) in [6.07, 6.45) is 3.95. The lowest BCUT2D eigenvalue weighted by Crippen LogP contribution is -2.48. The monoisotopic (exact) mass is 396 g/mol. The molecule has 1 saturated carbocycles. The number of Topliss-reactive ketones (excluding diaryl/α,β-unsaturated/α-hetero) is 1. The average molecular weight is 396 g/mol. The lowest BCUT2D eigenvalue weighted by Gasteiger charge is -2.37. The molecule has 1 aliphatic heterocycles. The lowest BCUT2D eigenvalue weighted by molar-refractivity contribution is 0.0860. The predicted molar refractivity (Wildman–Crippen MR) is 105 cm³/mol. The van der Waals surface area contributed by atoms with Gasteiger partial charge >= 0.3 is 0 Å². The molecule has 2 aromatic heterocycles. The Hall–Kier alpha value is -3.00. The van der Waals surface area contributed by atoms with Gasteiger partial charge in [-0.15, -0.1) is 0 Å². The van der Waals surface area contributed by atoms with Gasteiger partial charge in [0, 0.05) is 18.0 Å². The van der Waals surface area contributed by atoms with Crippen LogP contribution in [0.3, 0.4) is 0 Å². The Morgan fingerprint density at radius 1 is 1.31 bits per heavy atom. The third-order valence-electron chi connectivity index (χ3n) is 5.90. The number of hydrogen-bond acceptors (Lipinski definition) is 6. The summed E-state index contributed by atoms with van der Waals surface area (Å²) in [4.78, 5) is 18.7. The second-order valence-electron chi connectivity index (χ2n) is 7.87. The number of aryl methyl sites for hydroxylation is 1. The molecule has 2 aliphatic rings. The van der Waals surface area contributed by atoms with E-state index < -0.39 is 17.3 Å². The Labute approximate surface area is 166 Å². The highest BCUT2D eigenvalue weighted by atomic mass is 19.1. The largest absolute Gasteiger partial charge is 0.505 e. The number of ketones is 1. The molecule has 29 heavy (non-hydrogen) atoms. The summed E-state index contributed by atoms with van der Waals surface area (Å²) in [6.45, 7) is 5.37. The van der Waals surface area contributed by atoms with Crippen LogP contribution in [-0.4, -0.2) is 51.0 Å². The van der Waals surface area contributed by atoms with E-state index in [1.165, 1.54) is 19.1 Å². The standard InChI is InChI=1S/C21H21FN4O3/c1-12-15-9-19(25-5-6-29-11-21(25)3-4-21)23-10-17(15)26(24-12)14-7-16(13(2)27)20(22)18(28)8-14/h7-10,28H,3-6,11H2,1-2H3. The number of carbonyl (C=O) groups excluding carboxylic acids is 1. The van der Waals surface area contributed by atoms with E-state index in [1.54, 1.807) is 10.9 Å². The van der Waals surface area contributed by atoms with E-state index in [2.05, 4.69) is 15.0 Å². The highest BCUT2D eigenvalue weighted by molar-refractivity contribution is 5.95. The maximum atomic E-state index is 14.1. The fraction of sp³-hybridized carbons (Fsp3) is 0.381. The van der Waals surface area contributed by atoms with Crippen molar-refractivity contribution in [2.45, 2.75) is 32.2 Å². The summed E-state index contributed by atoms with van der Waals surface area (Å²) in [5.74, 6) is -1.07. The number of anilines is 1. The molecule has 1 saturated heterocycles. The van der Waals surface area contributed by atoms with E-state index >= 15 is 0 Å². The normalized spacial score (nSPS) is 17.8. The molecule has 150 valence electrons. The van der Waals surface area contributed by atoms with Crippen molar-refractivity contribution in [2.24, 2.45) is 0 Å². The first-order valence-corrected chi connectivity index (χ1v) is 9.64. The zero-order valence-corrected chi connectivity index (χ0v) is 16.3. The summed E-state index contributed by atoms with van der Waals surface area (Å²) < 4.78 is 21.3. The summed E-state index contributed by atoms with van der Waals surface area (Å²) in [7, 11) is 0. The fourth-order valence-corrected chi connectivity index (χ4v) is 4.12.